The molecule has 4 heteroatoms. The molecule has 1 atom stereocenters. The average molecular weight is 278 g/mol. The molecule has 106 valence electrons. The third-order valence-corrected chi connectivity index (χ3v) is 3.02. The standard InChI is InChI=1S/C16H16F2O2/c1-10-3-6-14(11(2)19)16(7-10)20-9-12-4-5-13(17)8-15(12)18/h3-8,11,19H,9H2,1-2H3. The quantitative estimate of drug-likeness (QED) is 0.919. The third kappa shape index (κ3) is 3.33. The van der Waals surface area contributed by atoms with Gasteiger partial charge >= 0.3 is 0 Å². The van der Waals surface area contributed by atoms with Gasteiger partial charge in [-0.1, -0.05) is 12.1 Å². The molecule has 0 saturated heterocycles. The molecule has 0 fully saturated rings. The summed E-state index contributed by atoms with van der Waals surface area (Å²) in [6, 6.07) is 8.79. The fourth-order valence-electron chi connectivity index (χ4n) is 1.91. The first-order valence-electron chi connectivity index (χ1n) is 6.32. The van der Waals surface area contributed by atoms with Crippen LogP contribution in [-0.4, -0.2) is 5.11 Å². The molecular formula is C16H16F2O2. The van der Waals surface area contributed by atoms with Gasteiger partial charge in [-0.2, -0.15) is 0 Å². The van der Waals surface area contributed by atoms with Crippen molar-refractivity contribution in [2.75, 3.05) is 0 Å². The Morgan fingerprint density at radius 2 is 1.90 bits per heavy atom. The van der Waals surface area contributed by atoms with Crippen LogP contribution >= 0.6 is 0 Å². The molecule has 0 radical (unpaired) electrons. The molecule has 0 spiro atoms. The Morgan fingerprint density at radius 3 is 2.55 bits per heavy atom. The minimum atomic E-state index is -0.677. The van der Waals surface area contributed by atoms with Crippen molar-refractivity contribution in [2.24, 2.45) is 0 Å². The Hall–Kier alpha value is -1.94. The predicted octanol–water partition coefficient (Wildman–Crippen LogP) is 3.91. The van der Waals surface area contributed by atoms with Gasteiger partial charge in [0.05, 0.1) is 6.10 Å². The van der Waals surface area contributed by atoms with E-state index in [0.29, 0.717) is 11.3 Å². The number of aliphatic hydroxyl groups is 1. The first-order valence-corrected chi connectivity index (χ1v) is 6.32. The van der Waals surface area contributed by atoms with Gasteiger partial charge < -0.3 is 9.84 Å². The summed E-state index contributed by atoms with van der Waals surface area (Å²) < 4.78 is 31.9. The number of aliphatic hydroxyl groups excluding tert-OH is 1. The molecule has 0 aliphatic carbocycles. The number of hydrogen-bond acceptors (Lipinski definition) is 2. The second-order valence-electron chi connectivity index (χ2n) is 4.74. The van der Waals surface area contributed by atoms with Crippen molar-refractivity contribution in [3.05, 3.63) is 64.7 Å². The van der Waals surface area contributed by atoms with Gasteiger partial charge in [0.15, 0.2) is 0 Å². The summed E-state index contributed by atoms with van der Waals surface area (Å²) in [6.07, 6.45) is -0.677. The van der Waals surface area contributed by atoms with Crippen LogP contribution in [-0.2, 0) is 6.61 Å². The van der Waals surface area contributed by atoms with E-state index < -0.39 is 17.7 Å². The lowest BCUT2D eigenvalue weighted by molar-refractivity contribution is 0.190. The van der Waals surface area contributed by atoms with Gasteiger partial charge in [0.1, 0.15) is 24.0 Å². The first-order chi connectivity index (χ1) is 9.47. The van der Waals surface area contributed by atoms with Gasteiger partial charge in [-0.15, -0.1) is 0 Å². The van der Waals surface area contributed by atoms with Crippen molar-refractivity contribution in [3.63, 3.8) is 0 Å². The second-order valence-corrected chi connectivity index (χ2v) is 4.74. The van der Waals surface area contributed by atoms with Crippen LogP contribution < -0.4 is 4.74 Å². The molecule has 2 rings (SSSR count). The van der Waals surface area contributed by atoms with Crippen molar-refractivity contribution in [1.29, 1.82) is 0 Å². The fraction of sp³-hybridized carbons (Fsp3) is 0.250. The zero-order valence-electron chi connectivity index (χ0n) is 11.4. The highest BCUT2D eigenvalue weighted by Gasteiger charge is 2.11. The van der Waals surface area contributed by atoms with Crippen LogP contribution in [0.2, 0.25) is 0 Å². The number of benzene rings is 2. The lowest BCUT2D eigenvalue weighted by Crippen LogP contribution is -2.03. The van der Waals surface area contributed by atoms with E-state index in [4.69, 9.17) is 4.74 Å². The van der Waals surface area contributed by atoms with E-state index in [1.54, 1.807) is 19.1 Å². The Morgan fingerprint density at radius 1 is 1.15 bits per heavy atom. The smallest absolute Gasteiger partial charge is 0.132 e. The van der Waals surface area contributed by atoms with Gasteiger partial charge in [0.25, 0.3) is 0 Å². The highest BCUT2D eigenvalue weighted by atomic mass is 19.1. The Kier molecular flexibility index (Phi) is 4.35. The molecule has 2 nitrogen and oxygen atoms in total. The molecular weight excluding hydrogens is 262 g/mol. The third-order valence-electron chi connectivity index (χ3n) is 3.02. The van der Waals surface area contributed by atoms with Gasteiger partial charge in [0.2, 0.25) is 0 Å². The lowest BCUT2D eigenvalue weighted by Gasteiger charge is -2.14. The van der Waals surface area contributed by atoms with Gasteiger partial charge in [-0.05, 0) is 37.6 Å². The van der Waals surface area contributed by atoms with Crippen molar-refractivity contribution in [2.45, 2.75) is 26.6 Å². The minimum absolute atomic E-state index is 0.0186. The van der Waals surface area contributed by atoms with Crippen LogP contribution in [0.25, 0.3) is 0 Å². The maximum atomic E-state index is 13.5. The Bertz CT molecular complexity index is 609. The molecule has 0 amide bonds. The van der Waals surface area contributed by atoms with Crippen molar-refractivity contribution in [3.8, 4) is 5.75 Å². The van der Waals surface area contributed by atoms with E-state index in [1.807, 2.05) is 13.0 Å². The minimum Gasteiger partial charge on any atom is -0.488 e. The summed E-state index contributed by atoms with van der Waals surface area (Å²) in [7, 11) is 0. The van der Waals surface area contributed by atoms with Crippen molar-refractivity contribution < 1.29 is 18.6 Å². The highest BCUT2D eigenvalue weighted by Crippen LogP contribution is 2.27. The molecule has 1 N–H and O–H groups in total. The molecule has 0 heterocycles. The average Bonchev–Trinajstić information content (AvgIpc) is 2.37. The second kappa shape index (κ2) is 6.01. The molecule has 2 aromatic carbocycles. The summed E-state index contributed by atoms with van der Waals surface area (Å²) in [5.74, 6) is -0.758. The zero-order valence-corrected chi connectivity index (χ0v) is 11.4. The number of aryl methyl sites for hydroxylation is 1. The molecule has 0 aromatic heterocycles. The van der Waals surface area contributed by atoms with Gasteiger partial charge in [-0.3, -0.25) is 0 Å². The Labute approximate surface area is 116 Å². The summed E-state index contributed by atoms with van der Waals surface area (Å²) in [5, 5.41) is 9.68. The van der Waals surface area contributed by atoms with E-state index >= 15 is 0 Å². The first kappa shape index (κ1) is 14.5. The monoisotopic (exact) mass is 278 g/mol. The molecule has 1 unspecified atom stereocenters. The zero-order chi connectivity index (χ0) is 14.7. The Balaban J connectivity index is 2.20. The van der Waals surface area contributed by atoms with Crippen LogP contribution in [0.5, 0.6) is 5.75 Å². The fourth-order valence-corrected chi connectivity index (χ4v) is 1.91. The largest absolute Gasteiger partial charge is 0.488 e. The maximum Gasteiger partial charge on any atom is 0.132 e. The van der Waals surface area contributed by atoms with Crippen molar-refractivity contribution in [1.82, 2.24) is 0 Å². The highest BCUT2D eigenvalue weighted by molar-refractivity contribution is 5.38. The number of ether oxygens (including phenoxy) is 1. The van der Waals surface area contributed by atoms with E-state index in [1.165, 1.54) is 12.1 Å². The van der Waals surface area contributed by atoms with Crippen LogP contribution in [0.1, 0.15) is 29.7 Å². The van der Waals surface area contributed by atoms with Crippen LogP contribution in [0, 0.1) is 18.6 Å². The predicted molar refractivity (Wildman–Crippen MR) is 72.5 cm³/mol. The maximum absolute atomic E-state index is 13.5. The molecule has 20 heavy (non-hydrogen) atoms. The summed E-state index contributed by atoms with van der Waals surface area (Å²) in [4.78, 5) is 0. The topological polar surface area (TPSA) is 29.5 Å². The molecule has 0 saturated carbocycles. The number of rotatable bonds is 4. The van der Waals surface area contributed by atoms with Gasteiger partial charge in [-0.25, -0.2) is 8.78 Å². The van der Waals surface area contributed by atoms with E-state index in [2.05, 4.69) is 0 Å². The SMILES string of the molecule is Cc1ccc(C(C)O)c(OCc2ccc(F)cc2F)c1. The normalized spacial score (nSPS) is 12.2. The van der Waals surface area contributed by atoms with Crippen LogP contribution in [0.4, 0.5) is 8.78 Å². The van der Waals surface area contributed by atoms with E-state index in [-0.39, 0.29) is 12.2 Å². The summed E-state index contributed by atoms with van der Waals surface area (Å²) in [6.45, 7) is 3.52. The van der Waals surface area contributed by atoms with Gasteiger partial charge in [0, 0.05) is 17.2 Å². The van der Waals surface area contributed by atoms with Crippen molar-refractivity contribution >= 4 is 0 Å². The molecule has 0 aliphatic rings. The number of hydrogen-bond donors (Lipinski definition) is 1. The number of halogens is 2. The molecule has 0 bridgehead atoms. The lowest BCUT2D eigenvalue weighted by atomic mass is 10.1. The molecule has 0 aliphatic heterocycles. The summed E-state index contributed by atoms with van der Waals surface area (Å²) in [5.41, 5.74) is 1.88. The molecule has 2 aromatic rings. The van der Waals surface area contributed by atoms with E-state index in [9.17, 15) is 13.9 Å². The summed E-state index contributed by atoms with van der Waals surface area (Å²) >= 11 is 0. The van der Waals surface area contributed by atoms with Crippen LogP contribution in [0.3, 0.4) is 0 Å². The van der Waals surface area contributed by atoms with Crippen LogP contribution in [0.15, 0.2) is 36.4 Å². The van der Waals surface area contributed by atoms with E-state index in [0.717, 1.165) is 11.6 Å².